The van der Waals surface area contributed by atoms with Crippen molar-refractivity contribution in [3.05, 3.63) is 47.0 Å². The number of sulfone groups is 2. The van der Waals surface area contributed by atoms with Gasteiger partial charge in [-0.15, -0.1) is 0 Å². The van der Waals surface area contributed by atoms with Gasteiger partial charge in [0.25, 0.3) is 0 Å². The van der Waals surface area contributed by atoms with Gasteiger partial charge in [-0.25, -0.2) is 16.8 Å². The summed E-state index contributed by atoms with van der Waals surface area (Å²) in [6.07, 6.45) is 4.43. The number of ether oxygens (including phenoxy) is 1. The van der Waals surface area contributed by atoms with Crippen LogP contribution < -0.4 is 5.73 Å². The third-order valence-corrected chi connectivity index (χ3v) is 7.73. The van der Waals surface area contributed by atoms with Gasteiger partial charge in [-0.3, -0.25) is 0 Å². The van der Waals surface area contributed by atoms with Gasteiger partial charge in [0.05, 0.1) is 33.8 Å². The molecule has 1 rings (SSSR count). The fourth-order valence-corrected chi connectivity index (χ4v) is 4.82. The Labute approximate surface area is 138 Å². The van der Waals surface area contributed by atoms with E-state index in [4.69, 9.17) is 10.5 Å². The summed E-state index contributed by atoms with van der Waals surface area (Å²) in [5.41, 5.74) is 4.44. The van der Waals surface area contributed by atoms with Crippen LogP contribution in [-0.2, 0) is 24.4 Å². The molecule has 23 heavy (non-hydrogen) atoms. The summed E-state index contributed by atoms with van der Waals surface area (Å²) >= 11 is 0. The van der Waals surface area contributed by atoms with Crippen molar-refractivity contribution in [1.29, 1.82) is 0 Å². The van der Waals surface area contributed by atoms with E-state index in [0.717, 1.165) is 0 Å². The summed E-state index contributed by atoms with van der Waals surface area (Å²) in [6.45, 7) is 10.2. The predicted octanol–water partition coefficient (Wildman–Crippen LogP) is 1.30. The average Bonchev–Trinajstić information content (AvgIpc) is 2.54. The maximum Gasteiger partial charge on any atom is 0.175 e. The van der Waals surface area contributed by atoms with Gasteiger partial charge in [0.2, 0.25) is 0 Å². The second-order valence-corrected chi connectivity index (χ2v) is 9.76. The van der Waals surface area contributed by atoms with Crippen LogP contribution in [0.3, 0.4) is 0 Å². The first-order valence-electron chi connectivity index (χ1n) is 7.04. The van der Waals surface area contributed by atoms with Crippen LogP contribution in [0.5, 0.6) is 0 Å². The second kappa shape index (κ2) is 6.62. The minimum atomic E-state index is -3.77. The first-order valence-corrected chi connectivity index (χ1v) is 10.3. The molecular formula is C15H23NO5S2. The van der Waals surface area contributed by atoms with Gasteiger partial charge in [-0.2, -0.15) is 0 Å². The Bertz CT molecular complexity index is 727. The van der Waals surface area contributed by atoms with Crippen LogP contribution in [0.4, 0.5) is 0 Å². The Balaban J connectivity index is 3.76. The van der Waals surface area contributed by atoms with E-state index < -0.39 is 31.1 Å². The van der Waals surface area contributed by atoms with E-state index in [0.29, 0.717) is 5.76 Å². The molecule has 1 aliphatic carbocycles. The molecule has 0 radical (unpaired) electrons. The number of rotatable bonds is 7. The molecule has 1 aliphatic rings. The molecule has 1 unspecified atom stereocenters. The maximum absolute atomic E-state index is 12.4. The zero-order chi connectivity index (χ0) is 18.1. The molecule has 2 N–H and O–H groups in total. The summed E-state index contributed by atoms with van der Waals surface area (Å²) < 4.78 is 54.6. The van der Waals surface area contributed by atoms with Crippen LogP contribution in [-0.4, -0.2) is 41.5 Å². The smallest absolute Gasteiger partial charge is 0.175 e. The molecule has 0 fully saturated rings. The number of methoxy groups -OCH3 is 1. The Morgan fingerprint density at radius 2 is 1.61 bits per heavy atom. The minimum Gasteiger partial charge on any atom is -0.497 e. The van der Waals surface area contributed by atoms with Crippen molar-refractivity contribution < 1.29 is 21.6 Å². The Morgan fingerprint density at radius 3 is 1.96 bits per heavy atom. The average molecular weight is 361 g/mol. The summed E-state index contributed by atoms with van der Waals surface area (Å²) in [5.74, 6) is -0.147. The van der Waals surface area contributed by atoms with Gasteiger partial charge in [-0.1, -0.05) is 33.1 Å². The van der Waals surface area contributed by atoms with Gasteiger partial charge >= 0.3 is 0 Å². The van der Waals surface area contributed by atoms with Crippen LogP contribution in [0.25, 0.3) is 0 Å². The molecule has 0 bridgehead atoms. The van der Waals surface area contributed by atoms with Crippen molar-refractivity contribution in [2.24, 2.45) is 11.1 Å². The Hall–Kier alpha value is -1.38. The van der Waals surface area contributed by atoms with Crippen LogP contribution in [0.1, 0.15) is 13.8 Å². The van der Waals surface area contributed by atoms with Gasteiger partial charge < -0.3 is 10.5 Å². The summed E-state index contributed by atoms with van der Waals surface area (Å²) in [7, 11) is -6.14. The molecule has 1 atom stereocenters. The predicted molar refractivity (Wildman–Crippen MR) is 91.8 cm³/mol. The van der Waals surface area contributed by atoms with Crippen molar-refractivity contribution in [3.8, 4) is 0 Å². The third-order valence-electron chi connectivity index (χ3n) is 4.03. The highest BCUT2D eigenvalue weighted by molar-refractivity contribution is 7.96. The van der Waals surface area contributed by atoms with Crippen molar-refractivity contribution in [2.45, 2.75) is 19.9 Å². The van der Waals surface area contributed by atoms with Crippen LogP contribution in [0.15, 0.2) is 47.0 Å². The highest BCUT2D eigenvalue weighted by atomic mass is 32.2. The molecule has 0 amide bonds. The molecule has 0 saturated carbocycles. The lowest BCUT2D eigenvalue weighted by molar-refractivity contribution is 0.294. The lowest BCUT2D eigenvalue weighted by Gasteiger charge is -2.39. The second-order valence-electron chi connectivity index (χ2n) is 5.16. The summed E-state index contributed by atoms with van der Waals surface area (Å²) in [4.78, 5) is -0.582. The fraction of sp³-hybridized carbons (Fsp3) is 0.467. The van der Waals surface area contributed by atoms with Crippen molar-refractivity contribution >= 4 is 19.7 Å². The van der Waals surface area contributed by atoms with Crippen molar-refractivity contribution in [1.82, 2.24) is 0 Å². The van der Waals surface area contributed by atoms with Crippen molar-refractivity contribution in [2.75, 3.05) is 18.6 Å². The highest BCUT2D eigenvalue weighted by Gasteiger charge is 2.49. The first-order chi connectivity index (χ1) is 10.5. The number of hydrogen-bond donors (Lipinski definition) is 1. The van der Waals surface area contributed by atoms with Gasteiger partial charge in [0.15, 0.2) is 19.7 Å². The van der Waals surface area contributed by atoms with Crippen molar-refractivity contribution in [3.63, 3.8) is 0 Å². The standard InChI is InChI=1S/C15H23NO5S2/c1-6-22(17,18)11(3)15(12(4)23(19,20)7-2)10-13(21-5)8-9-14(15)16/h8-10,14H,3-4,6-7,16H2,1-2,5H3. The molecule has 0 aromatic carbocycles. The van der Waals surface area contributed by atoms with Gasteiger partial charge in [-0.05, 0) is 12.2 Å². The maximum atomic E-state index is 12.4. The first kappa shape index (κ1) is 19.7. The van der Waals surface area contributed by atoms with Crippen LogP contribution in [0.2, 0.25) is 0 Å². The molecule has 8 heteroatoms. The molecule has 6 nitrogen and oxygen atoms in total. The Kier molecular flexibility index (Phi) is 5.66. The zero-order valence-electron chi connectivity index (χ0n) is 13.6. The van der Waals surface area contributed by atoms with E-state index in [1.54, 1.807) is 6.08 Å². The Morgan fingerprint density at radius 1 is 1.17 bits per heavy atom. The van der Waals surface area contributed by atoms with E-state index in [9.17, 15) is 16.8 Å². The summed E-state index contributed by atoms with van der Waals surface area (Å²) in [5, 5.41) is 0. The van der Waals surface area contributed by atoms with Crippen LogP contribution in [0, 0.1) is 5.41 Å². The quantitative estimate of drug-likeness (QED) is 0.733. The lowest BCUT2D eigenvalue weighted by Crippen LogP contribution is -2.47. The summed E-state index contributed by atoms with van der Waals surface area (Å²) in [6, 6.07) is -0.941. The molecule has 0 aliphatic heterocycles. The molecule has 130 valence electrons. The van der Waals surface area contributed by atoms with E-state index in [1.165, 1.54) is 33.1 Å². The minimum absolute atomic E-state index is 0.223. The van der Waals surface area contributed by atoms with E-state index >= 15 is 0 Å². The fourth-order valence-electron chi connectivity index (χ4n) is 2.40. The number of hydrogen-bond acceptors (Lipinski definition) is 6. The van der Waals surface area contributed by atoms with Crippen LogP contribution >= 0.6 is 0 Å². The zero-order valence-corrected chi connectivity index (χ0v) is 15.2. The van der Waals surface area contributed by atoms with E-state index in [-0.39, 0.29) is 21.3 Å². The van der Waals surface area contributed by atoms with Gasteiger partial charge in [0.1, 0.15) is 5.76 Å². The SMILES string of the molecule is C=C(C1(C(=C)S(=O)(=O)CC)C=C(OC)C=CC1N)S(=O)(=O)CC. The van der Waals surface area contributed by atoms with Gasteiger partial charge in [0, 0.05) is 6.04 Å². The van der Waals surface area contributed by atoms with E-state index in [2.05, 4.69) is 13.2 Å². The lowest BCUT2D eigenvalue weighted by atomic mass is 9.77. The molecule has 0 saturated heterocycles. The third kappa shape index (κ3) is 3.29. The molecule has 0 aromatic heterocycles. The number of allylic oxidation sites excluding steroid dienone is 1. The number of nitrogens with two attached hydrogens (primary N) is 1. The normalized spacial score (nSPS) is 20.7. The topological polar surface area (TPSA) is 104 Å². The molecule has 0 heterocycles. The monoisotopic (exact) mass is 361 g/mol. The van der Waals surface area contributed by atoms with E-state index in [1.807, 2.05) is 0 Å². The molecule has 0 aromatic rings. The molecular weight excluding hydrogens is 338 g/mol. The highest BCUT2D eigenvalue weighted by Crippen LogP contribution is 2.46. The molecule has 0 spiro atoms. The largest absolute Gasteiger partial charge is 0.497 e.